The van der Waals surface area contributed by atoms with E-state index in [0.717, 1.165) is 12.1 Å². The normalized spacial score (nSPS) is 23.3. The Kier molecular flexibility index (Phi) is 5.98. The molecule has 116 valence electrons. The van der Waals surface area contributed by atoms with Gasteiger partial charge >= 0.3 is 0 Å². The summed E-state index contributed by atoms with van der Waals surface area (Å²) in [7, 11) is -0.679. The van der Waals surface area contributed by atoms with E-state index in [4.69, 9.17) is 11.2 Å². The molecule has 1 atom stereocenters. The van der Waals surface area contributed by atoms with Crippen molar-refractivity contribution in [3.8, 4) is 0 Å². The first-order valence-corrected chi connectivity index (χ1v) is 10.9. The number of benzene rings is 1. The minimum absolute atomic E-state index is 0.679. The highest BCUT2D eigenvalue weighted by Crippen LogP contribution is 2.51. The fraction of sp³-hybridized carbons (Fsp3) is 0.667. The van der Waals surface area contributed by atoms with Crippen molar-refractivity contribution in [2.45, 2.75) is 76.3 Å². The summed E-state index contributed by atoms with van der Waals surface area (Å²) in [4.78, 5) is 0. The third-order valence-corrected chi connectivity index (χ3v) is 7.96. The van der Waals surface area contributed by atoms with Crippen LogP contribution in [-0.4, -0.2) is 16.8 Å². The van der Waals surface area contributed by atoms with E-state index in [0.29, 0.717) is 0 Å². The molecule has 1 aromatic rings. The Morgan fingerprint density at radius 3 is 1.71 bits per heavy atom. The quantitative estimate of drug-likeness (QED) is 0.630. The molecule has 0 radical (unpaired) electrons. The molecule has 0 bridgehead atoms. The summed E-state index contributed by atoms with van der Waals surface area (Å²) < 4.78 is 2.75. The Morgan fingerprint density at radius 2 is 1.24 bits per heavy atom. The molecule has 0 saturated heterocycles. The molecule has 2 aliphatic rings. The van der Waals surface area contributed by atoms with Crippen molar-refractivity contribution in [2.24, 2.45) is 0 Å². The second-order valence-electron chi connectivity index (χ2n) is 6.56. The van der Waals surface area contributed by atoms with Crippen molar-refractivity contribution in [3.63, 3.8) is 0 Å². The molecule has 0 heterocycles. The van der Waals surface area contributed by atoms with Crippen LogP contribution in [0.2, 0.25) is 0 Å². The van der Waals surface area contributed by atoms with Gasteiger partial charge in [0, 0.05) is 17.4 Å². The van der Waals surface area contributed by atoms with Crippen LogP contribution in [0.4, 0.5) is 0 Å². The zero-order chi connectivity index (χ0) is 14.5. The van der Waals surface area contributed by atoms with Gasteiger partial charge < -0.3 is 0 Å². The fourth-order valence-electron chi connectivity index (χ4n) is 3.96. The zero-order valence-corrected chi connectivity index (χ0v) is 14.5. The van der Waals surface area contributed by atoms with Crippen molar-refractivity contribution in [3.05, 3.63) is 30.3 Å². The highest BCUT2D eigenvalue weighted by atomic mass is 35.7. The largest absolute Gasteiger partial charge is 0.260 e. The summed E-state index contributed by atoms with van der Waals surface area (Å²) in [6, 6.07) is 12.3. The van der Waals surface area contributed by atoms with Gasteiger partial charge in [-0.3, -0.25) is 4.67 Å². The van der Waals surface area contributed by atoms with Crippen LogP contribution in [0.25, 0.3) is 0 Å². The van der Waals surface area contributed by atoms with Crippen LogP contribution in [0.15, 0.2) is 30.3 Å². The van der Waals surface area contributed by atoms with E-state index in [2.05, 4.69) is 35.0 Å². The van der Waals surface area contributed by atoms with E-state index in [1.54, 1.807) is 0 Å². The molecular formula is C18H27ClNP. The molecule has 3 heteroatoms. The summed E-state index contributed by atoms with van der Waals surface area (Å²) in [6.07, 6.45) is 13.8. The Morgan fingerprint density at radius 1 is 0.762 bits per heavy atom. The van der Waals surface area contributed by atoms with Crippen molar-refractivity contribution in [2.75, 3.05) is 0 Å². The van der Waals surface area contributed by atoms with Gasteiger partial charge in [0.15, 0.2) is 0 Å². The molecular weight excluding hydrogens is 297 g/mol. The van der Waals surface area contributed by atoms with Crippen molar-refractivity contribution in [1.29, 1.82) is 0 Å². The molecule has 0 amide bonds. The molecule has 2 fully saturated rings. The molecule has 0 aromatic heterocycles. The van der Waals surface area contributed by atoms with E-state index >= 15 is 0 Å². The van der Waals surface area contributed by atoms with E-state index in [9.17, 15) is 0 Å². The monoisotopic (exact) mass is 323 g/mol. The lowest BCUT2D eigenvalue weighted by atomic mass is 9.91. The minimum atomic E-state index is -0.679. The first kappa shape index (κ1) is 15.8. The molecule has 1 nitrogen and oxygen atoms in total. The van der Waals surface area contributed by atoms with Crippen molar-refractivity contribution < 1.29 is 0 Å². The summed E-state index contributed by atoms with van der Waals surface area (Å²) >= 11 is 7.03. The first-order valence-electron chi connectivity index (χ1n) is 8.65. The Balaban J connectivity index is 1.80. The number of rotatable bonds is 4. The van der Waals surface area contributed by atoms with Gasteiger partial charge in [0.25, 0.3) is 0 Å². The van der Waals surface area contributed by atoms with Gasteiger partial charge in [0.2, 0.25) is 0 Å². The lowest BCUT2D eigenvalue weighted by Gasteiger charge is -2.43. The maximum absolute atomic E-state index is 7.03. The SMILES string of the molecule is ClP(c1ccccc1)N(C1CCCCC1)C1CCCCC1. The van der Waals surface area contributed by atoms with E-state index in [1.807, 2.05) is 0 Å². The maximum Gasteiger partial charge on any atom is 0.0950 e. The van der Waals surface area contributed by atoms with Crippen LogP contribution in [0.3, 0.4) is 0 Å². The van der Waals surface area contributed by atoms with Crippen LogP contribution < -0.4 is 5.30 Å². The number of hydrogen-bond donors (Lipinski definition) is 0. The molecule has 21 heavy (non-hydrogen) atoms. The standard InChI is InChI=1S/C18H27ClNP/c19-21(18-14-8-3-9-15-18)20(16-10-4-1-5-11-16)17-12-6-2-7-13-17/h3,8-9,14-17H,1-2,4-7,10-13H2. The van der Waals surface area contributed by atoms with Gasteiger partial charge in [-0.15, -0.1) is 0 Å². The lowest BCUT2D eigenvalue weighted by Crippen LogP contribution is -2.42. The molecule has 0 spiro atoms. The van der Waals surface area contributed by atoms with Gasteiger partial charge in [-0.2, -0.15) is 0 Å². The van der Waals surface area contributed by atoms with E-state index < -0.39 is 7.43 Å². The molecule has 3 rings (SSSR count). The minimum Gasteiger partial charge on any atom is -0.260 e. The Hall–Kier alpha value is -0.100. The summed E-state index contributed by atoms with van der Waals surface area (Å²) in [5.74, 6) is 0. The molecule has 2 saturated carbocycles. The third-order valence-electron chi connectivity index (χ3n) is 5.07. The third kappa shape index (κ3) is 4.01. The van der Waals surface area contributed by atoms with Crippen LogP contribution in [0.5, 0.6) is 0 Å². The van der Waals surface area contributed by atoms with Gasteiger partial charge in [0.05, 0.1) is 7.43 Å². The number of hydrogen-bond acceptors (Lipinski definition) is 1. The van der Waals surface area contributed by atoms with Gasteiger partial charge in [-0.1, -0.05) is 80.1 Å². The molecule has 1 unspecified atom stereocenters. The summed E-state index contributed by atoms with van der Waals surface area (Å²) in [6.45, 7) is 0. The topological polar surface area (TPSA) is 3.24 Å². The zero-order valence-electron chi connectivity index (χ0n) is 12.9. The predicted octanol–water partition coefficient (Wildman–Crippen LogP) is 5.83. The molecule has 2 aliphatic carbocycles. The lowest BCUT2D eigenvalue weighted by molar-refractivity contribution is 0.180. The number of halogens is 1. The summed E-state index contributed by atoms with van der Waals surface area (Å²) in [5.41, 5.74) is 0. The Labute approximate surface area is 135 Å². The highest BCUT2D eigenvalue weighted by Gasteiger charge is 2.34. The van der Waals surface area contributed by atoms with Gasteiger partial charge in [0.1, 0.15) is 0 Å². The predicted molar refractivity (Wildman–Crippen MR) is 94.4 cm³/mol. The van der Waals surface area contributed by atoms with E-state index in [1.165, 1.54) is 69.5 Å². The fourth-order valence-corrected chi connectivity index (χ4v) is 6.76. The second kappa shape index (κ2) is 7.95. The second-order valence-corrected chi connectivity index (χ2v) is 9.02. The van der Waals surface area contributed by atoms with Gasteiger partial charge in [-0.25, -0.2) is 0 Å². The molecule has 0 N–H and O–H groups in total. The van der Waals surface area contributed by atoms with Crippen LogP contribution >= 0.6 is 18.7 Å². The number of nitrogens with zero attached hydrogens (tertiary/aromatic N) is 1. The van der Waals surface area contributed by atoms with E-state index in [-0.39, 0.29) is 0 Å². The average molecular weight is 324 g/mol. The van der Waals surface area contributed by atoms with Crippen LogP contribution in [0.1, 0.15) is 64.2 Å². The smallest absolute Gasteiger partial charge is 0.0950 e. The maximum atomic E-state index is 7.03. The Bertz CT molecular complexity index is 394. The van der Waals surface area contributed by atoms with Crippen molar-refractivity contribution >= 4 is 24.0 Å². The molecule has 1 aromatic carbocycles. The van der Waals surface area contributed by atoms with Crippen LogP contribution in [0, 0.1) is 0 Å². The molecule has 0 aliphatic heterocycles. The van der Waals surface area contributed by atoms with Gasteiger partial charge in [-0.05, 0) is 25.7 Å². The first-order chi connectivity index (χ1) is 10.4. The highest BCUT2D eigenvalue weighted by molar-refractivity contribution is 7.88. The average Bonchev–Trinajstić information content (AvgIpc) is 2.58. The summed E-state index contributed by atoms with van der Waals surface area (Å²) in [5, 5.41) is 1.34. The van der Waals surface area contributed by atoms with Crippen LogP contribution in [-0.2, 0) is 0 Å². The van der Waals surface area contributed by atoms with Crippen molar-refractivity contribution in [1.82, 2.24) is 4.67 Å².